The summed E-state index contributed by atoms with van der Waals surface area (Å²) in [5.74, 6) is 0.0786. The Morgan fingerprint density at radius 3 is 3.12 bits per heavy atom. The van der Waals surface area contributed by atoms with Crippen molar-refractivity contribution in [1.29, 1.82) is 0 Å². The van der Waals surface area contributed by atoms with Crippen LogP contribution >= 0.6 is 0 Å². The Balaban J connectivity index is 1.86. The summed E-state index contributed by atoms with van der Waals surface area (Å²) in [5, 5.41) is 6.13. The Morgan fingerprint density at radius 1 is 1.38 bits per heavy atom. The molecule has 0 aliphatic carbocycles. The van der Waals surface area contributed by atoms with Gasteiger partial charge in [0.25, 0.3) is 0 Å². The van der Waals surface area contributed by atoms with Gasteiger partial charge in [0.1, 0.15) is 0 Å². The normalized spacial score (nSPS) is 24.0. The third kappa shape index (κ3) is 1.70. The molecule has 0 aromatic heterocycles. The summed E-state index contributed by atoms with van der Waals surface area (Å²) < 4.78 is 5.68. The minimum Gasteiger partial charge on any atom is -0.371 e. The first-order chi connectivity index (χ1) is 7.83. The van der Waals surface area contributed by atoms with Crippen LogP contribution in [0.15, 0.2) is 18.2 Å². The lowest BCUT2D eigenvalue weighted by atomic mass is 10.0. The Morgan fingerprint density at radius 2 is 2.31 bits per heavy atom. The molecule has 1 amide bonds. The molecule has 1 fully saturated rings. The van der Waals surface area contributed by atoms with Crippen LogP contribution in [0, 0.1) is 0 Å². The highest BCUT2D eigenvalue weighted by atomic mass is 16.5. The molecule has 0 radical (unpaired) electrons. The molecular weight excluding hydrogens is 204 g/mol. The van der Waals surface area contributed by atoms with Crippen molar-refractivity contribution in [2.24, 2.45) is 0 Å². The number of anilines is 1. The predicted molar refractivity (Wildman–Crippen MR) is 60.3 cm³/mol. The van der Waals surface area contributed by atoms with Crippen molar-refractivity contribution in [3.8, 4) is 0 Å². The summed E-state index contributed by atoms with van der Waals surface area (Å²) in [7, 11) is 0. The van der Waals surface area contributed by atoms with Gasteiger partial charge in [-0.15, -0.1) is 0 Å². The van der Waals surface area contributed by atoms with E-state index in [-0.39, 0.29) is 12.0 Å². The number of rotatable bonds is 1. The molecule has 0 spiro atoms. The van der Waals surface area contributed by atoms with Gasteiger partial charge in [0.05, 0.1) is 19.1 Å². The number of morpholine rings is 1. The lowest BCUT2D eigenvalue weighted by Crippen LogP contribution is -2.33. The second kappa shape index (κ2) is 3.88. The van der Waals surface area contributed by atoms with E-state index in [0.29, 0.717) is 6.42 Å². The van der Waals surface area contributed by atoms with Gasteiger partial charge < -0.3 is 15.4 Å². The van der Waals surface area contributed by atoms with Crippen LogP contribution in [-0.2, 0) is 16.0 Å². The minimum atomic E-state index is 0.0786. The van der Waals surface area contributed by atoms with Crippen LogP contribution in [0.3, 0.4) is 0 Å². The molecule has 2 aliphatic rings. The maximum atomic E-state index is 11.2. The molecule has 84 valence electrons. The van der Waals surface area contributed by atoms with Crippen molar-refractivity contribution in [2.75, 3.05) is 25.0 Å². The van der Waals surface area contributed by atoms with E-state index in [0.717, 1.165) is 36.5 Å². The minimum absolute atomic E-state index is 0.0786. The summed E-state index contributed by atoms with van der Waals surface area (Å²) in [5.41, 5.74) is 3.18. The van der Waals surface area contributed by atoms with E-state index in [2.05, 4.69) is 16.7 Å². The number of ether oxygens (including phenoxy) is 1. The maximum Gasteiger partial charge on any atom is 0.228 e. The lowest BCUT2D eigenvalue weighted by Gasteiger charge is -2.24. The van der Waals surface area contributed by atoms with Crippen molar-refractivity contribution in [2.45, 2.75) is 12.5 Å². The SMILES string of the molecule is O=C1Cc2cc(C3CNCCO3)ccc2N1. The Kier molecular flexibility index (Phi) is 2.38. The standard InChI is InChI=1S/C12H14N2O2/c15-12-6-9-5-8(1-2-10(9)14-12)11-7-13-3-4-16-11/h1-2,5,11,13H,3-4,6-7H2,(H,14,15). The van der Waals surface area contributed by atoms with Gasteiger partial charge >= 0.3 is 0 Å². The van der Waals surface area contributed by atoms with E-state index < -0.39 is 0 Å². The van der Waals surface area contributed by atoms with Crippen LogP contribution in [0.25, 0.3) is 0 Å². The van der Waals surface area contributed by atoms with E-state index in [1.807, 2.05) is 12.1 Å². The number of nitrogens with one attached hydrogen (secondary N) is 2. The largest absolute Gasteiger partial charge is 0.371 e. The van der Waals surface area contributed by atoms with E-state index in [4.69, 9.17) is 4.74 Å². The number of amides is 1. The molecule has 4 nitrogen and oxygen atoms in total. The average Bonchev–Trinajstić information content (AvgIpc) is 2.69. The first-order valence-electron chi connectivity index (χ1n) is 5.58. The highest BCUT2D eigenvalue weighted by Gasteiger charge is 2.21. The summed E-state index contributed by atoms with van der Waals surface area (Å²) in [6.45, 7) is 2.51. The number of carbonyl (C=O) groups is 1. The number of hydrogen-bond acceptors (Lipinski definition) is 3. The molecule has 1 unspecified atom stereocenters. The molecule has 4 heteroatoms. The fourth-order valence-electron chi connectivity index (χ4n) is 2.23. The zero-order chi connectivity index (χ0) is 11.0. The second-order valence-corrected chi connectivity index (χ2v) is 4.21. The molecule has 3 rings (SSSR count). The van der Waals surface area contributed by atoms with Gasteiger partial charge in [0, 0.05) is 18.8 Å². The Labute approximate surface area is 94.0 Å². The van der Waals surface area contributed by atoms with Gasteiger partial charge in [0.2, 0.25) is 5.91 Å². The van der Waals surface area contributed by atoms with Crippen molar-refractivity contribution in [1.82, 2.24) is 5.32 Å². The summed E-state index contributed by atoms with van der Waals surface area (Å²) in [6.07, 6.45) is 0.610. The van der Waals surface area contributed by atoms with Crippen molar-refractivity contribution < 1.29 is 9.53 Å². The first-order valence-corrected chi connectivity index (χ1v) is 5.58. The summed E-state index contributed by atoms with van der Waals surface area (Å²) in [6, 6.07) is 6.07. The van der Waals surface area contributed by atoms with Crippen LogP contribution < -0.4 is 10.6 Å². The smallest absolute Gasteiger partial charge is 0.228 e. The van der Waals surface area contributed by atoms with Crippen LogP contribution in [0.5, 0.6) is 0 Å². The first kappa shape index (κ1) is 9.81. The second-order valence-electron chi connectivity index (χ2n) is 4.21. The lowest BCUT2D eigenvalue weighted by molar-refractivity contribution is -0.115. The fourth-order valence-corrected chi connectivity index (χ4v) is 2.23. The third-order valence-corrected chi connectivity index (χ3v) is 3.05. The summed E-state index contributed by atoms with van der Waals surface area (Å²) in [4.78, 5) is 11.2. The van der Waals surface area contributed by atoms with Gasteiger partial charge in [-0.25, -0.2) is 0 Å². The van der Waals surface area contributed by atoms with Gasteiger partial charge in [0.15, 0.2) is 0 Å². The molecule has 2 N–H and O–H groups in total. The van der Waals surface area contributed by atoms with Crippen molar-refractivity contribution >= 4 is 11.6 Å². The highest BCUT2D eigenvalue weighted by molar-refractivity contribution is 5.99. The van der Waals surface area contributed by atoms with Gasteiger partial charge in [-0.3, -0.25) is 4.79 Å². The number of carbonyl (C=O) groups excluding carboxylic acids is 1. The molecule has 1 aromatic rings. The molecule has 16 heavy (non-hydrogen) atoms. The maximum absolute atomic E-state index is 11.2. The number of fused-ring (bicyclic) bond motifs is 1. The molecule has 1 atom stereocenters. The quantitative estimate of drug-likeness (QED) is 0.734. The average molecular weight is 218 g/mol. The van der Waals surface area contributed by atoms with E-state index in [1.165, 1.54) is 0 Å². The Bertz CT molecular complexity index is 425. The molecule has 2 aliphatic heterocycles. The zero-order valence-corrected chi connectivity index (χ0v) is 8.95. The zero-order valence-electron chi connectivity index (χ0n) is 8.95. The van der Waals surface area contributed by atoms with Crippen LogP contribution in [0.4, 0.5) is 5.69 Å². The summed E-state index contributed by atoms with van der Waals surface area (Å²) >= 11 is 0. The molecular formula is C12H14N2O2. The predicted octanol–water partition coefficient (Wildman–Crippen LogP) is 0.842. The molecule has 1 aromatic carbocycles. The van der Waals surface area contributed by atoms with Gasteiger partial charge in [-0.1, -0.05) is 12.1 Å². The number of benzene rings is 1. The molecule has 0 bridgehead atoms. The van der Waals surface area contributed by atoms with Crippen molar-refractivity contribution in [3.63, 3.8) is 0 Å². The molecule has 1 saturated heterocycles. The van der Waals surface area contributed by atoms with Crippen LogP contribution in [0.2, 0.25) is 0 Å². The monoisotopic (exact) mass is 218 g/mol. The number of hydrogen-bond donors (Lipinski definition) is 2. The molecule has 0 saturated carbocycles. The van der Waals surface area contributed by atoms with E-state index >= 15 is 0 Å². The van der Waals surface area contributed by atoms with Gasteiger partial charge in [-0.2, -0.15) is 0 Å². The van der Waals surface area contributed by atoms with Crippen molar-refractivity contribution in [3.05, 3.63) is 29.3 Å². The fraction of sp³-hybridized carbons (Fsp3) is 0.417. The van der Waals surface area contributed by atoms with Crippen LogP contribution in [-0.4, -0.2) is 25.6 Å². The third-order valence-electron chi connectivity index (χ3n) is 3.05. The van der Waals surface area contributed by atoms with Crippen LogP contribution in [0.1, 0.15) is 17.2 Å². The van der Waals surface area contributed by atoms with E-state index in [1.54, 1.807) is 0 Å². The van der Waals surface area contributed by atoms with Gasteiger partial charge in [-0.05, 0) is 17.2 Å². The topological polar surface area (TPSA) is 50.4 Å². The Hall–Kier alpha value is -1.39. The molecule has 2 heterocycles. The van der Waals surface area contributed by atoms with E-state index in [9.17, 15) is 4.79 Å². The highest BCUT2D eigenvalue weighted by Crippen LogP contribution is 2.28.